The van der Waals surface area contributed by atoms with Gasteiger partial charge >= 0.3 is 0 Å². The molecule has 0 atom stereocenters. The molecule has 0 aliphatic carbocycles. The smallest absolute Gasteiger partial charge is 0.270 e. The lowest BCUT2D eigenvalue weighted by Gasteiger charge is -2.11. The van der Waals surface area contributed by atoms with Crippen molar-refractivity contribution in [3.63, 3.8) is 0 Å². The molecule has 1 heterocycles. The van der Waals surface area contributed by atoms with E-state index in [0.29, 0.717) is 41.1 Å². The summed E-state index contributed by atoms with van der Waals surface area (Å²) in [5.41, 5.74) is 7.35. The van der Waals surface area contributed by atoms with E-state index in [9.17, 15) is 10.1 Å². The Labute approximate surface area is 138 Å². The molecule has 2 aromatic rings. The van der Waals surface area contributed by atoms with Crippen LogP contribution >= 0.6 is 0 Å². The molecule has 1 aromatic heterocycles. The minimum Gasteiger partial charge on any atom is -0.490 e. The minimum atomic E-state index is -0.457. The average molecular weight is 330 g/mol. The van der Waals surface area contributed by atoms with Crippen LogP contribution in [-0.2, 0) is 4.74 Å². The molecule has 0 bridgehead atoms. The van der Waals surface area contributed by atoms with Gasteiger partial charge < -0.3 is 15.2 Å². The normalized spacial score (nSPS) is 12.0. The number of hydrogen-bond donors (Lipinski definition) is 1. The second-order valence-corrected chi connectivity index (χ2v) is 4.81. The van der Waals surface area contributed by atoms with E-state index in [4.69, 9.17) is 15.2 Å². The first-order valence-electron chi connectivity index (χ1n) is 7.16. The van der Waals surface area contributed by atoms with Crippen molar-refractivity contribution < 1.29 is 14.4 Å². The van der Waals surface area contributed by atoms with Crippen molar-refractivity contribution >= 4 is 28.4 Å². The molecule has 126 valence electrons. The van der Waals surface area contributed by atoms with Crippen molar-refractivity contribution in [2.24, 2.45) is 10.7 Å². The first-order valence-corrected chi connectivity index (χ1v) is 7.16. The number of benzene rings is 1. The minimum absolute atomic E-state index is 0.0293. The third kappa shape index (κ3) is 3.85. The van der Waals surface area contributed by atoms with Crippen LogP contribution in [0.2, 0.25) is 0 Å². The Morgan fingerprint density at radius 1 is 1.42 bits per heavy atom. The van der Waals surface area contributed by atoms with E-state index in [1.165, 1.54) is 18.3 Å². The van der Waals surface area contributed by atoms with E-state index in [1.54, 1.807) is 32.5 Å². The molecule has 8 nitrogen and oxygen atoms in total. The summed E-state index contributed by atoms with van der Waals surface area (Å²) < 4.78 is 10.7. The largest absolute Gasteiger partial charge is 0.490 e. The summed E-state index contributed by atoms with van der Waals surface area (Å²) in [6, 6.07) is 6.10. The zero-order valence-corrected chi connectivity index (χ0v) is 13.4. The maximum atomic E-state index is 11.0. The second-order valence-electron chi connectivity index (χ2n) is 4.81. The molecule has 0 spiro atoms. The van der Waals surface area contributed by atoms with E-state index >= 15 is 0 Å². The highest BCUT2D eigenvalue weighted by atomic mass is 16.6. The van der Waals surface area contributed by atoms with Crippen LogP contribution in [0, 0.1) is 10.1 Å². The number of nitro groups is 1. The molecule has 0 unspecified atom stereocenters. The van der Waals surface area contributed by atoms with Crippen molar-refractivity contribution in [3.8, 4) is 5.75 Å². The SMILES string of the molecule is CN=C/C(=C\N)c1cc(OCCOC)c2cc([N+](=O)[O-])ccc2n1. The van der Waals surface area contributed by atoms with Crippen molar-refractivity contribution in [2.75, 3.05) is 27.4 Å². The van der Waals surface area contributed by atoms with E-state index in [1.807, 2.05) is 0 Å². The fraction of sp³-hybridized carbons (Fsp3) is 0.250. The first-order chi connectivity index (χ1) is 11.6. The molecule has 0 fully saturated rings. The number of pyridine rings is 1. The number of rotatable bonds is 7. The van der Waals surface area contributed by atoms with Crippen molar-refractivity contribution in [1.82, 2.24) is 4.98 Å². The molecule has 2 rings (SSSR count). The maximum Gasteiger partial charge on any atom is 0.270 e. The predicted molar refractivity (Wildman–Crippen MR) is 92.3 cm³/mol. The van der Waals surface area contributed by atoms with Crippen LogP contribution in [0.5, 0.6) is 5.75 Å². The van der Waals surface area contributed by atoms with Gasteiger partial charge in [0.2, 0.25) is 0 Å². The summed E-state index contributed by atoms with van der Waals surface area (Å²) in [6.07, 6.45) is 2.98. The Morgan fingerprint density at radius 3 is 2.83 bits per heavy atom. The highest BCUT2D eigenvalue weighted by Gasteiger charge is 2.14. The first kappa shape index (κ1) is 17.4. The molecule has 0 amide bonds. The molecule has 2 N–H and O–H groups in total. The van der Waals surface area contributed by atoms with Crippen LogP contribution in [0.15, 0.2) is 35.5 Å². The fourth-order valence-corrected chi connectivity index (χ4v) is 2.13. The summed E-state index contributed by atoms with van der Waals surface area (Å²) in [5.74, 6) is 0.472. The average Bonchev–Trinajstić information content (AvgIpc) is 2.59. The van der Waals surface area contributed by atoms with Gasteiger partial charge in [-0.1, -0.05) is 0 Å². The Hall–Kier alpha value is -3.00. The Bertz CT molecular complexity index is 802. The zero-order valence-electron chi connectivity index (χ0n) is 13.4. The molecule has 0 aliphatic rings. The number of fused-ring (bicyclic) bond motifs is 1. The molecule has 0 radical (unpaired) electrons. The lowest BCUT2D eigenvalue weighted by Crippen LogP contribution is -2.06. The number of methoxy groups -OCH3 is 1. The molecule has 1 aromatic carbocycles. The maximum absolute atomic E-state index is 11.0. The summed E-state index contributed by atoms with van der Waals surface area (Å²) in [5, 5.41) is 11.6. The Morgan fingerprint density at radius 2 is 2.21 bits per heavy atom. The van der Waals surface area contributed by atoms with Gasteiger partial charge in [-0.2, -0.15) is 0 Å². The van der Waals surface area contributed by atoms with Gasteiger partial charge in [0.1, 0.15) is 12.4 Å². The van der Waals surface area contributed by atoms with E-state index in [0.717, 1.165) is 0 Å². The van der Waals surface area contributed by atoms with Crippen LogP contribution in [0.4, 0.5) is 5.69 Å². The summed E-state index contributed by atoms with van der Waals surface area (Å²) in [7, 11) is 3.20. The van der Waals surface area contributed by atoms with Crippen LogP contribution in [0.25, 0.3) is 16.5 Å². The molecule has 0 saturated heterocycles. The van der Waals surface area contributed by atoms with Gasteiger partial charge in [-0.15, -0.1) is 0 Å². The van der Waals surface area contributed by atoms with Crippen LogP contribution < -0.4 is 10.5 Å². The molecular formula is C16H18N4O4. The lowest BCUT2D eigenvalue weighted by atomic mass is 10.1. The highest BCUT2D eigenvalue weighted by molar-refractivity contribution is 6.09. The number of allylic oxidation sites excluding steroid dienone is 1. The number of nitrogens with two attached hydrogens (primary N) is 1. The zero-order chi connectivity index (χ0) is 17.5. The van der Waals surface area contributed by atoms with Gasteiger partial charge in [0.25, 0.3) is 5.69 Å². The van der Waals surface area contributed by atoms with Crippen molar-refractivity contribution in [1.29, 1.82) is 0 Å². The standard InChI is InChI=1S/C16H18N4O4/c1-18-10-11(9-17)15-8-16(24-6-5-23-2)13-7-12(20(21)22)3-4-14(13)19-15/h3-4,7-10H,5-6,17H2,1-2H3/b11-9+,18-10?. The van der Waals surface area contributed by atoms with Crippen LogP contribution in [-0.4, -0.2) is 43.5 Å². The van der Waals surface area contributed by atoms with Crippen molar-refractivity contribution in [2.45, 2.75) is 0 Å². The molecule has 24 heavy (non-hydrogen) atoms. The highest BCUT2D eigenvalue weighted by Crippen LogP contribution is 2.30. The van der Waals surface area contributed by atoms with Crippen LogP contribution in [0.3, 0.4) is 0 Å². The number of nitrogens with zero attached hydrogens (tertiary/aromatic N) is 3. The number of ether oxygens (including phenoxy) is 2. The number of non-ortho nitro benzene ring substituents is 1. The summed E-state index contributed by atoms with van der Waals surface area (Å²) in [6.45, 7) is 0.700. The molecule has 0 aliphatic heterocycles. The number of nitro benzene ring substituents is 1. The third-order valence-corrected chi connectivity index (χ3v) is 3.25. The summed E-state index contributed by atoms with van der Waals surface area (Å²) >= 11 is 0. The molecular weight excluding hydrogens is 312 g/mol. The quantitative estimate of drug-likeness (QED) is 0.360. The lowest BCUT2D eigenvalue weighted by molar-refractivity contribution is -0.384. The van der Waals surface area contributed by atoms with E-state index < -0.39 is 4.92 Å². The van der Waals surface area contributed by atoms with Gasteiger partial charge in [-0.3, -0.25) is 15.1 Å². The topological polar surface area (TPSA) is 113 Å². The predicted octanol–water partition coefficient (Wildman–Crippen LogP) is 2.17. The number of aliphatic imine (C=N–C) groups is 1. The van der Waals surface area contributed by atoms with Crippen molar-refractivity contribution in [3.05, 3.63) is 46.3 Å². The number of hydrogen-bond acceptors (Lipinski definition) is 7. The second kappa shape index (κ2) is 8.02. The molecule has 8 heteroatoms. The number of aromatic nitrogens is 1. The van der Waals surface area contributed by atoms with Gasteiger partial charge in [-0.05, 0) is 6.07 Å². The fourth-order valence-electron chi connectivity index (χ4n) is 2.13. The van der Waals surface area contributed by atoms with Crippen LogP contribution in [0.1, 0.15) is 5.69 Å². The van der Waals surface area contributed by atoms with Gasteiger partial charge in [0, 0.05) is 55.7 Å². The van der Waals surface area contributed by atoms with Gasteiger partial charge in [-0.25, -0.2) is 4.98 Å². The Kier molecular flexibility index (Phi) is 5.80. The monoisotopic (exact) mass is 330 g/mol. The Balaban J connectivity index is 2.59. The summed E-state index contributed by atoms with van der Waals surface area (Å²) in [4.78, 5) is 19.0. The van der Waals surface area contributed by atoms with E-state index in [-0.39, 0.29) is 5.69 Å². The third-order valence-electron chi connectivity index (χ3n) is 3.25. The van der Waals surface area contributed by atoms with Gasteiger partial charge in [0.05, 0.1) is 22.7 Å². The van der Waals surface area contributed by atoms with Gasteiger partial charge in [0.15, 0.2) is 0 Å². The molecule has 0 saturated carbocycles. The van der Waals surface area contributed by atoms with E-state index in [2.05, 4.69) is 9.98 Å².